The van der Waals surface area contributed by atoms with E-state index >= 15 is 0 Å². The Bertz CT molecular complexity index is 1900. The highest BCUT2D eigenvalue weighted by Crippen LogP contribution is 2.37. The van der Waals surface area contributed by atoms with E-state index in [4.69, 9.17) is 0 Å². The lowest BCUT2D eigenvalue weighted by atomic mass is 9.83. The van der Waals surface area contributed by atoms with Gasteiger partial charge in [0, 0.05) is 81.1 Å². The van der Waals surface area contributed by atoms with E-state index in [9.17, 15) is 19.5 Å². The molecule has 4 aromatic rings. The minimum atomic E-state index is -0.966. The van der Waals surface area contributed by atoms with Crippen LogP contribution in [0.25, 0.3) is 10.9 Å². The number of rotatable bonds is 7. The number of nitrogens with one attached hydrogen (secondary N) is 2. The standard InChI is InChI=1S/C38H43N7O4/c1-42-34-21-30(6-4-26(34)22-39-42)40-29-12-16-44(17-13-29)31-7-2-25(3-8-31)23-43-18-14-38(49,15-19-43)28-5-9-32-27(20-28)24-45(37(32)48)33-10-11-35(46)41-36(33)47/h2-9,20-22,29,33,40,49H,10-19,23-24H2,1H3,(H,41,46,47). The van der Waals surface area contributed by atoms with Crippen LogP contribution in [-0.4, -0.2) is 80.7 Å². The molecule has 3 aromatic carbocycles. The van der Waals surface area contributed by atoms with Gasteiger partial charge in [0.15, 0.2) is 0 Å². The Morgan fingerprint density at radius 3 is 2.47 bits per heavy atom. The van der Waals surface area contributed by atoms with E-state index in [0.717, 1.165) is 73.3 Å². The van der Waals surface area contributed by atoms with Gasteiger partial charge in [-0.3, -0.25) is 29.3 Å². The molecular weight excluding hydrogens is 618 g/mol. The molecule has 1 unspecified atom stereocenters. The number of benzene rings is 3. The third-order valence-electron chi connectivity index (χ3n) is 11.1. The molecule has 3 saturated heterocycles. The number of aryl methyl sites for hydroxylation is 1. The fourth-order valence-corrected chi connectivity index (χ4v) is 8.06. The van der Waals surface area contributed by atoms with Crippen LogP contribution >= 0.6 is 0 Å². The van der Waals surface area contributed by atoms with E-state index in [1.807, 2.05) is 30.1 Å². The smallest absolute Gasteiger partial charge is 0.255 e. The largest absolute Gasteiger partial charge is 0.385 e. The molecule has 11 heteroatoms. The SMILES string of the molecule is Cn1ncc2ccc(NC3CCN(c4ccc(CN5CCC(O)(c6ccc7c(c6)CN(C6CCC(=O)NC6=O)C7=O)CC5)cc4)CC3)cc21. The summed E-state index contributed by atoms with van der Waals surface area (Å²) in [6.45, 7) is 4.71. The number of anilines is 2. The van der Waals surface area contributed by atoms with Gasteiger partial charge in [0.1, 0.15) is 6.04 Å². The predicted octanol–water partition coefficient (Wildman–Crippen LogP) is 3.90. The molecule has 0 aliphatic carbocycles. The van der Waals surface area contributed by atoms with Crippen molar-refractivity contribution >= 4 is 40.0 Å². The van der Waals surface area contributed by atoms with Gasteiger partial charge in [-0.15, -0.1) is 0 Å². The van der Waals surface area contributed by atoms with Crippen molar-refractivity contribution in [3.63, 3.8) is 0 Å². The molecule has 49 heavy (non-hydrogen) atoms. The molecule has 1 atom stereocenters. The summed E-state index contributed by atoms with van der Waals surface area (Å²) in [4.78, 5) is 43.5. The number of nitrogens with zero attached hydrogens (tertiary/aromatic N) is 5. The van der Waals surface area contributed by atoms with Gasteiger partial charge in [0.2, 0.25) is 11.8 Å². The van der Waals surface area contributed by atoms with E-state index < -0.39 is 17.6 Å². The van der Waals surface area contributed by atoms with Crippen molar-refractivity contribution in [2.24, 2.45) is 7.05 Å². The van der Waals surface area contributed by atoms with Crippen LogP contribution in [0.15, 0.2) is 66.9 Å². The second kappa shape index (κ2) is 12.6. The molecule has 0 radical (unpaired) electrons. The molecule has 11 nitrogen and oxygen atoms in total. The summed E-state index contributed by atoms with van der Waals surface area (Å²) in [7, 11) is 1.98. The van der Waals surface area contributed by atoms with Gasteiger partial charge in [-0.25, -0.2) is 0 Å². The maximum Gasteiger partial charge on any atom is 0.255 e. The van der Waals surface area contributed by atoms with E-state index in [1.54, 1.807) is 11.0 Å². The van der Waals surface area contributed by atoms with Gasteiger partial charge in [0.25, 0.3) is 5.91 Å². The van der Waals surface area contributed by atoms with Crippen LogP contribution in [0.1, 0.15) is 65.6 Å². The first-order valence-corrected chi connectivity index (χ1v) is 17.5. The van der Waals surface area contributed by atoms with Crippen LogP contribution in [0.2, 0.25) is 0 Å². The molecule has 3 fully saturated rings. The molecule has 5 heterocycles. The highest BCUT2D eigenvalue weighted by atomic mass is 16.3. The summed E-state index contributed by atoms with van der Waals surface area (Å²) < 4.78 is 1.92. The summed E-state index contributed by atoms with van der Waals surface area (Å²) in [5.41, 5.74) is 6.07. The highest BCUT2D eigenvalue weighted by Gasteiger charge is 2.41. The quantitative estimate of drug-likeness (QED) is 0.255. The van der Waals surface area contributed by atoms with Crippen molar-refractivity contribution in [1.82, 2.24) is 24.9 Å². The molecule has 8 rings (SSSR count). The summed E-state index contributed by atoms with van der Waals surface area (Å²) in [6, 6.07) is 20.8. The van der Waals surface area contributed by atoms with Gasteiger partial charge in [-0.05, 0) is 85.2 Å². The normalized spacial score (nSPS) is 21.7. The third kappa shape index (κ3) is 6.17. The summed E-state index contributed by atoms with van der Waals surface area (Å²) >= 11 is 0. The van der Waals surface area contributed by atoms with Crippen molar-refractivity contribution < 1.29 is 19.5 Å². The van der Waals surface area contributed by atoms with Gasteiger partial charge in [-0.1, -0.05) is 24.3 Å². The first-order chi connectivity index (χ1) is 23.7. The van der Waals surface area contributed by atoms with E-state index in [2.05, 4.69) is 68.0 Å². The zero-order valence-electron chi connectivity index (χ0n) is 27.9. The number of aromatic nitrogens is 2. The Hall–Kier alpha value is -4.74. The molecular formula is C38H43N7O4. The highest BCUT2D eigenvalue weighted by molar-refractivity contribution is 6.05. The van der Waals surface area contributed by atoms with Crippen LogP contribution in [0.5, 0.6) is 0 Å². The van der Waals surface area contributed by atoms with Crippen LogP contribution in [-0.2, 0) is 35.3 Å². The number of hydrogen-bond donors (Lipinski definition) is 3. The average Bonchev–Trinajstić information content (AvgIpc) is 3.64. The van der Waals surface area contributed by atoms with Crippen LogP contribution in [0, 0.1) is 0 Å². The average molecular weight is 662 g/mol. The minimum absolute atomic E-state index is 0.194. The van der Waals surface area contributed by atoms with E-state index in [0.29, 0.717) is 37.4 Å². The van der Waals surface area contributed by atoms with Crippen molar-refractivity contribution in [2.45, 2.75) is 69.3 Å². The van der Waals surface area contributed by atoms with Crippen molar-refractivity contribution in [2.75, 3.05) is 36.4 Å². The number of imide groups is 1. The number of fused-ring (bicyclic) bond motifs is 2. The van der Waals surface area contributed by atoms with Crippen molar-refractivity contribution in [3.8, 4) is 0 Å². The summed E-state index contributed by atoms with van der Waals surface area (Å²) in [5.74, 6) is -0.905. The van der Waals surface area contributed by atoms with Crippen molar-refractivity contribution in [3.05, 3.63) is 89.1 Å². The van der Waals surface area contributed by atoms with Crippen LogP contribution in [0.4, 0.5) is 11.4 Å². The third-order valence-corrected chi connectivity index (χ3v) is 11.1. The Labute approximate surface area is 285 Å². The van der Waals surface area contributed by atoms with E-state index in [1.165, 1.54) is 11.3 Å². The van der Waals surface area contributed by atoms with Gasteiger partial charge >= 0.3 is 0 Å². The Morgan fingerprint density at radius 2 is 1.71 bits per heavy atom. The Balaban J connectivity index is 0.824. The Kier molecular flexibility index (Phi) is 8.12. The maximum atomic E-state index is 13.1. The number of carbonyl (C=O) groups is 3. The molecule has 4 aliphatic rings. The molecule has 0 saturated carbocycles. The van der Waals surface area contributed by atoms with Gasteiger partial charge in [-0.2, -0.15) is 5.10 Å². The molecule has 4 aliphatic heterocycles. The topological polar surface area (TPSA) is 123 Å². The van der Waals surface area contributed by atoms with Crippen molar-refractivity contribution in [1.29, 1.82) is 0 Å². The molecule has 254 valence electrons. The van der Waals surface area contributed by atoms with E-state index in [-0.39, 0.29) is 18.2 Å². The number of aliphatic hydroxyl groups is 1. The lowest BCUT2D eigenvalue weighted by Gasteiger charge is -2.39. The minimum Gasteiger partial charge on any atom is -0.385 e. The first kappa shape index (κ1) is 31.5. The lowest BCUT2D eigenvalue weighted by Crippen LogP contribution is -2.52. The number of piperidine rings is 3. The zero-order valence-corrected chi connectivity index (χ0v) is 27.9. The summed E-state index contributed by atoms with van der Waals surface area (Å²) in [6.07, 6.45) is 5.84. The van der Waals surface area contributed by atoms with Crippen LogP contribution < -0.4 is 15.5 Å². The molecule has 1 aromatic heterocycles. The summed E-state index contributed by atoms with van der Waals surface area (Å²) in [5, 5.41) is 23.3. The van der Waals surface area contributed by atoms with Crippen LogP contribution in [0.3, 0.4) is 0 Å². The number of amides is 3. The molecule has 0 bridgehead atoms. The molecule has 3 amide bonds. The number of carbonyl (C=O) groups excluding carboxylic acids is 3. The number of hydrogen-bond acceptors (Lipinski definition) is 8. The molecule has 3 N–H and O–H groups in total. The number of likely N-dealkylation sites (tertiary alicyclic amines) is 1. The first-order valence-electron chi connectivity index (χ1n) is 17.5. The predicted molar refractivity (Wildman–Crippen MR) is 187 cm³/mol. The Morgan fingerprint density at radius 1 is 0.939 bits per heavy atom. The van der Waals surface area contributed by atoms with Gasteiger partial charge < -0.3 is 20.2 Å². The second-order valence-electron chi connectivity index (χ2n) is 14.2. The fourth-order valence-electron chi connectivity index (χ4n) is 8.06. The second-order valence-corrected chi connectivity index (χ2v) is 14.2. The molecule has 0 spiro atoms. The van der Waals surface area contributed by atoms with Gasteiger partial charge in [0.05, 0.1) is 17.3 Å². The maximum absolute atomic E-state index is 13.1. The lowest BCUT2D eigenvalue weighted by molar-refractivity contribution is -0.136. The fraction of sp³-hybridized carbons (Fsp3) is 0.421. The zero-order chi connectivity index (χ0) is 33.7. The monoisotopic (exact) mass is 661 g/mol.